The summed E-state index contributed by atoms with van der Waals surface area (Å²) in [5.41, 5.74) is 6.44. The quantitative estimate of drug-likeness (QED) is 0.345. The molecule has 0 bridgehead atoms. The van der Waals surface area contributed by atoms with Crippen LogP contribution in [0, 0.1) is 5.92 Å². The highest BCUT2D eigenvalue weighted by atomic mass is 16.3. The van der Waals surface area contributed by atoms with Gasteiger partial charge in [-0.2, -0.15) is 0 Å². The molecule has 0 radical (unpaired) electrons. The number of nitrogens with one attached hydrogen (secondary N) is 2. The fraction of sp³-hybridized carbons (Fsp3) is 0.263. The molecule has 138 valence electrons. The Labute approximate surface area is 151 Å². The van der Waals surface area contributed by atoms with Crippen LogP contribution < -0.4 is 16.4 Å². The van der Waals surface area contributed by atoms with E-state index < -0.39 is 11.9 Å². The summed E-state index contributed by atoms with van der Waals surface area (Å²) in [7, 11) is 0. The summed E-state index contributed by atoms with van der Waals surface area (Å²) in [5.74, 6) is -0.0517. The SMILES string of the molecule is CC(C)C[C@H](N)C(=O)Nc1cc(NC(=O)C=Cc2ccco2)ccc1O. The molecule has 0 spiro atoms. The van der Waals surface area contributed by atoms with Crippen molar-refractivity contribution in [3.63, 3.8) is 0 Å². The second kappa shape index (κ2) is 8.87. The van der Waals surface area contributed by atoms with E-state index in [9.17, 15) is 14.7 Å². The third-order valence-electron chi connectivity index (χ3n) is 3.53. The zero-order valence-corrected chi connectivity index (χ0v) is 14.7. The molecule has 0 saturated heterocycles. The minimum absolute atomic E-state index is 0.112. The van der Waals surface area contributed by atoms with Gasteiger partial charge in [0.05, 0.1) is 18.0 Å². The highest BCUT2D eigenvalue weighted by Gasteiger charge is 2.16. The van der Waals surface area contributed by atoms with Crippen LogP contribution in [0.1, 0.15) is 26.0 Å². The van der Waals surface area contributed by atoms with Crippen LogP contribution in [-0.4, -0.2) is 23.0 Å². The molecule has 2 aromatic rings. The van der Waals surface area contributed by atoms with Crippen LogP contribution in [0.5, 0.6) is 5.75 Å². The van der Waals surface area contributed by atoms with Crippen LogP contribution in [0.2, 0.25) is 0 Å². The van der Waals surface area contributed by atoms with Crippen molar-refractivity contribution in [3.8, 4) is 5.75 Å². The van der Waals surface area contributed by atoms with E-state index in [1.54, 1.807) is 12.1 Å². The molecule has 1 atom stereocenters. The van der Waals surface area contributed by atoms with Gasteiger partial charge in [0.2, 0.25) is 11.8 Å². The van der Waals surface area contributed by atoms with Gasteiger partial charge in [-0.3, -0.25) is 9.59 Å². The first-order valence-corrected chi connectivity index (χ1v) is 8.27. The summed E-state index contributed by atoms with van der Waals surface area (Å²) in [6.07, 6.45) is 4.89. The zero-order chi connectivity index (χ0) is 19.1. The van der Waals surface area contributed by atoms with Crippen molar-refractivity contribution in [1.29, 1.82) is 0 Å². The molecule has 1 aromatic carbocycles. The Hall–Kier alpha value is -3.06. The smallest absolute Gasteiger partial charge is 0.248 e. The molecule has 2 rings (SSSR count). The molecule has 0 saturated carbocycles. The number of benzene rings is 1. The molecule has 5 N–H and O–H groups in total. The van der Waals surface area contributed by atoms with Gasteiger partial charge in [-0.25, -0.2) is 0 Å². The standard InChI is InChI=1S/C19H23N3O4/c1-12(2)10-15(20)19(25)22-16-11-13(5-7-17(16)23)21-18(24)8-6-14-4-3-9-26-14/h3-9,11-12,15,23H,10,20H2,1-2H3,(H,21,24)(H,22,25)/t15-/m0/s1. The van der Waals surface area contributed by atoms with Gasteiger partial charge in [0.1, 0.15) is 11.5 Å². The first-order chi connectivity index (χ1) is 12.3. The van der Waals surface area contributed by atoms with Crippen molar-refractivity contribution in [1.82, 2.24) is 0 Å². The van der Waals surface area contributed by atoms with Gasteiger partial charge in [0, 0.05) is 11.8 Å². The van der Waals surface area contributed by atoms with Crippen LogP contribution >= 0.6 is 0 Å². The summed E-state index contributed by atoms with van der Waals surface area (Å²) in [4.78, 5) is 24.1. The molecule has 0 fully saturated rings. The van der Waals surface area contributed by atoms with Crippen LogP contribution in [0.3, 0.4) is 0 Å². The van der Waals surface area contributed by atoms with Gasteiger partial charge in [-0.1, -0.05) is 13.8 Å². The molecule has 7 nitrogen and oxygen atoms in total. The molecular weight excluding hydrogens is 334 g/mol. The zero-order valence-electron chi connectivity index (χ0n) is 14.7. The molecule has 26 heavy (non-hydrogen) atoms. The van der Waals surface area contributed by atoms with Crippen molar-refractivity contribution in [2.75, 3.05) is 10.6 Å². The first-order valence-electron chi connectivity index (χ1n) is 8.27. The van der Waals surface area contributed by atoms with Gasteiger partial charge < -0.3 is 25.9 Å². The number of nitrogens with two attached hydrogens (primary N) is 1. The maximum atomic E-state index is 12.1. The molecule has 0 aliphatic carbocycles. The fourth-order valence-electron chi connectivity index (χ4n) is 2.28. The Morgan fingerprint density at radius 3 is 2.69 bits per heavy atom. The number of hydrogen-bond donors (Lipinski definition) is 4. The molecule has 1 heterocycles. The molecule has 0 aliphatic heterocycles. The Kier molecular flexibility index (Phi) is 6.57. The average Bonchev–Trinajstić information content (AvgIpc) is 3.09. The van der Waals surface area contributed by atoms with Crippen LogP contribution in [-0.2, 0) is 9.59 Å². The number of anilines is 2. The Bertz CT molecular complexity index is 782. The third kappa shape index (κ3) is 5.78. The van der Waals surface area contributed by atoms with Crippen LogP contribution in [0.25, 0.3) is 6.08 Å². The topological polar surface area (TPSA) is 118 Å². The lowest BCUT2D eigenvalue weighted by Gasteiger charge is -2.15. The number of phenols is 1. The summed E-state index contributed by atoms with van der Waals surface area (Å²) >= 11 is 0. The lowest BCUT2D eigenvalue weighted by atomic mass is 10.0. The summed E-state index contributed by atoms with van der Waals surface area (Å²) in [6.45, 7) is 3.94. The Balaban J connectivity index is 2.02. The lowest BCUT2D eigenvalue weighted by molar-refractivity contribution is -0.117. The highest BCUT2D eigenvalue weighted by molar-refractivity contribution is 6.03. The fourth-order valence-corrected chi connectivity index (χ4v) is 2.28. The van der Waals surface area contributed by atoms with Crippen molar-refractivity contribution in [2.45, 2.75) is 26.3 Å². The van der Waals surface area contributed by atoms with E-state index in [1.165, 1.54) is 36.6 Å². The summed E-state index contributed by atoms with van der Waals surface area (Å²) in [5, 5.41) is 15.1. The Morgan fingerprint density at radius 1 is 1.27 bits per heavy atom. The maximum Gasteiger partial charge on any atom is 0.248 e. The average molecular weight is 357 g/mol. The minimum Gasteiger partial charge on any atom is -0.506 e. The van der Waals surface area contributed by atoms with Crippen molar-refractivity contribution < 1.29 is 19.1 Å². The second-order valence-electron chi connectivity index (χ2n) is 6.30. The maximum absolute atomic E-state index is 12.1. The van der Waals surface area contributed by atoms with Gasteiger partial charge in [-0.15, -0.1) is 0 Å². The monoisotopic (exact) mass is 357 g/mol. The second-order valence-corrected chi connectivity index (χ2v) is 6.30. The van der Waals surface area contributed by atoms with Crippen LogP contribution in [0.4, 0.5) is 11.4 Å². The van der Waals surface area contributed by atoms with E-state index in [0.29, 0.717) is 17.9 Å². The summed E-state index contributed by atoms with van der Waals surface area (Å²) in [6, 6.07) is 7.14. The molecule has 0 unspecified atom stereocenters. The minimum atomic E-state index is -0.677. The third-order valence-corrected chi connectivity index (χ3v) is 3.53. The van der Waals surface area contributed by atoms with E-state index in [2.05, 4.69) is 10.6 Å². The Morgan fingerprint density at radius 2 is 2.04 bits per heavy atom. The highest BCUT2D eigenvalue weighted by Crippen LogP contribution is 2.27. The number of furan rings is 1. The van der Waals surface area contributed by atoms with Gasteiger partial charge >= 0.3 is 0 Å². The van der Waals surface area contributed by atoms with Gasteiger partial charge in [-0.05, 0) is 48.7 Å². The number of carbonyl (C=O) groups excluding carboxylic acids is 2. The number of carbonyl (C=O) groups is 2. The van der Waals surface area contributed by atoms with Gasteiger partial charge in [0.15, 0.2) is 0 Å². The van der Waals surface area contributed by atoms with E-state index in [0.717, 1.165) is 0 Å². The lowest BCUT2D eigenvalue weighted by Crippen LogP contribution is -2.36. The van der Waals surface area contributed by atoms with Crippen LogP contribution in [0.15, 0.2) is 47.1 Å². The molecule has 7 heteroatoms. The number of aromatic hydroxyl groups is 1. The van der Waals surface area contributed by atoms with Gasteiger partial charge in [0.25, 0.3) is 0 Å². The normalized spacial score (nSPS) is 12.3. The van der Waals surface area contributed by atoms with E-state index >= 15 is 0 Å². The predicted molar refractivity (Wildman–Crippen MR) is 101 cm³/mol. The number of rotatable bonds is 7. The predicted octanol–water partition coefficient (Wildman–Crippen LogP) is 2.95. The van der Waals surface area contributed by atoms with Crippen molar-refractivity contribution >= 4 is 29.3 Å². The molecular formula is C19H23N3O4. The molecule has 0 aliphatic rings. The van der Waals surface area contributed by atoms with Crippen molar-refractivity contribution in [3.05, 3.63) is 48.4 Å². The molecule has 2 amide bonds. The van der Waals surface area contributed by atoms with Crippen molar-refractivity contribution in [2.24, 2.45) is 11.7 Å². The van der Waals surface area contributed by atoms with E-state index in [1.807, 2.05) is 13.8 Å². The number of hydrogen-bond acceptors (Lipinski definition) is 5. The number of phenolic OH excluding ortho intramolecular Hbond substituents is 1. The largest absolute Gasteiger partial charge is 0.506 e. The number of amides is 2. The first kappa shape index (κ1) is 19.3. The van der Waals surface area contributed by atoms with E-state index in [-0.39, 0.29) is 23.3 Å². The molecule has 1 aromatic heterocycles. The summed E-state index contributed by atoms with van der Waals surface area (Å²) < 4.78 is 5.10. The van der Waals surface area contributed by atoms with E-state index in [4.69, 9.17) is 10.2 Å².